The summed E-state index contributed by atoms with van der Waals surface area (Å²) >= 11 is 0. The molecular formula is C13H19NO3. The minimum Gasteiger partial charge on any atom is -0.506 e. The predicted octanol–water partition coefficient (Wildman–Crippen LogP) is 2.54. The minimum absolute atomic E-state index is 0.0889. The van der Waals surface area contributed by atoms with Crippen LogP contribution in [0.1, 0.15) is 43.9 Å². The third-order valence-corrected chi connectivity index (χ3v) is 2.75. The maximum atomic E-state index is 11.5. The molecule has 1 N–H and O–H groups in total. The van der Waals surface area contributed by atoms with Crippen LogP contribution in [0.15, 0.2) is 12.3 Å². The van der Waals surface area contributed by atoms with Gasteiger partial charge in [0.1, 0.15) is 5.75 Å². The van der Waals surface area contributed by atoms with Gasteiger partial charge in [0.05, 0.1) is 18.7 Å². The van der Waals surface area contributed by atoms with E-state index in [2.05, 4.69) is 4.98 Å². The van der Waals surface area contributed by atoms with E-state index in [0.717, 1.165) is 12.0 Å². The van der Waals surface area contributed by atoms with Gasteiger partial charge in [-0.2, -0.15) is 0 Å². The molecule has 0 amide bonds. The number of ether oxygens (including phenoxy) is 1. The van der Waals surface area contributed by atoms with Crippen LogP contribution >= 0.6 is 0 Å². The number of aromatic nitrogens is 1. The highest BCUT2D eigenvalue weighted by Crippen LogP contribution is 2.31. The number of carbonyl (C=O) groups is 1. The summed E-state index contributed by atoms with van der Waals surface area (Å²) in [6, 6.07) is 1.75. The number of aryl methyl sites for hydroxylation is 1. The van der Waals surface area contributed by atoms with Gasteiger partial charge in [0.15, 0.2) is 0 Å². The molecule has 1 aromatic rings. The topological polar surface area (TPSA) is 59.4 Å². The number of hydrogen-bond donors (Lipinski definition) is 1. The molecule has 0 aliphatic heterocycles. The summed E-state index contributed by atoms with van der Waals surface area (Å²) in [4.78, 5) is 15.6. The van der Waals surface area contributed by atoms with Crippen molar-refractivity contribution >= 4 is 5.97 Å². The lowest BCUT2D eigenvalue weighted by Gasteiger charge is -2.15. The molecule has 0 bridgehead atoms. The van der Waals surface area contributed by atoms with Crippen molar-refractivity contribution in [2.24, 2.45) is 0 Å². The van der Waals surface area contributed by atoms with E-state index in [1.54, 1.807) is 19.2 Å². The molecule has 1 rings (SSSR count). The fraction of sp³-hybridized carbons (Fsp3) is 0.538. The van der Waals surface area contributed by atoms with Gasteiger partial charge >= 0.3 is 5.97 Å². The van der Waals surface area contributed by atoms with E-state index >= 15 is 0 Å². The molecular weight excluding hydrogens is 218 g/mol. The van der Waals surface area contributed by atoms with Crippen LogP contribution in [0.3, 0.4) is 0 Å². The van der Waals surface area contributed by atoms with E-state index in [0.29, 0.717) is 12.3 Å². The Labute approximate surface area is 102 Å². The fourth-order valence-corrected chi connectivity index (χ4v) is 1.73. The zero-order chi connectivity index (χ0) is 12.8. The Kier molecular flexibility index (Phi) is 4.94. The Morgan fingerprint density at radius 3 is 2.82 bits per heavy atom. The molecule has 1 unspecified atom stereocenters. The second kappa shape index (κ2) is 6.23. The highest BCUT2D eigenvalue weighted by Gasteiger charge is 2.20. The first kappa shape index (κ1) is 13.5. The molecule has 4 heteroatoms. The monoisotopic (exact) mass is 237 g/mol. The molecule has 1 heterocycles. The van der Waals surface area contributed by atoms with Crippen LogP contribution in [-0.2, 0) is 9.53 Å². The molecule has 0 aliphatic carbocycles. The zero-order valence-electron chi connectivity index (χ0n) is 10.6. The first-order valence-corrected chi connectivity index (χ1v) is 5.90. The Bertz CT molecular complexity index is 390. The van der Waals surface area contributed by atoms with Crippen LogP contribution in [0.5, 0.6) is 5.75 Å². The number of aromatic hydroxyl groups is 1. The van der Waals surface area contributed by atoms with Gasteiger partial charge in [0.25, 0.3) is 0 Å². The lowest BCUT2D eigenvalue weighted by molar-refractivity contribution is -0.143. The summed E-state index contributed by atoms with van der Waals surface area (Å²) < 4.78 is 4.92. The van der Waals surface area contributed by atoms with Crippen molar-refractivity contribution in [3.63, 3.8) is 0 Å². The summed E-state index contributed by atoms with van der Waals surface area (Å²) in [5.41, 5.74) is 1.36. The van der Waals surface area contributed by atoms with Gasteiger partial charge in [-0.15, -0.1) is 0 Å². The molecule has 0 radical (unpaired) electrons. The molecule has 0 spiro atoms. The second-order valence-electron chi connectivity index (χ2n) is 3.98. The summed E-state index contributed by atoms with van der Waals surface area (Å²) in [7, 11) is 0. The maximum Gasteiger partial charge on any atom is 0.306 e. The number of nitrogens with zero attached hydrogens (tertiary/aromatic N) is 1. The van der Waals surface area contributed by atoms with E-state index < -0.39 is 0 Å². The van der Waals surface area contributed by atoms with E-state index in [1.807, 2.05) is 13.8 Å². The Balaban J connectivity index is 2.86. The average Bonchev–Trinajstić information content (AvgIpc) is 2.30. The molecule has 4 nitrogen and oxygen atoms in total. The van der Waals surface area contributed by atoms with Crippen LogP contribution in [0.2, 0.25) is 0 Å². The molecule has 0 aromatic carbocycles. The minimum atomic E-state index is -0.248. The molecule has 0 saturated heterocycles. The number of carbonyl (C=O) groups excluding carboxylic acids is 1. The van der Waals surface area contributed by atoms with Gasteiger partial charge in [-0.05, 0) is 31.9 Å². The van der Waals surface area contributed by atoms with Gasteiger partial charge in [-0.25, -0.2) is 0 Å². The molecule has 0 fully saturated rings. The van der Waals surface area contributed by atoms with Crippen molar-refractivity contribution in [2.45, 2.75) is 39.5 Å². The highest BCUT2D eigenvalue weighted by molar-refractivity contribution is 5.70. The van der Waals surface area contributed by atoms with Crippen molar-refractivity contribution in [2.75, 3.05) is 6.61 Å². The first-order valence-electron chi connectivity index (χ1n) is 5.90. The zero-order valence-corrected chi connectivity index (χ0v) is 10.6. The third-order valence-electron chi connectivity index (χ3n) is 2.75. The van der Waals surface area contributed by atoms with Crippen molar-refractivity contribution in [3.8, 4) is 5.75 Å². The SMILES string of the molecule is CCOC(=O)CC(CC)c1nccc(C)c1O. The van der Waals surface area contributed by atoms with Gasteiger partial charge in [0, 0.05) is 12.1 Å². The Morgan fingerprint density at radius 2 is 2.24 bits per heavy atom. The lowest BCUT2D eigenvalue weighted by Crippen LogP contribution is -2.11. The van der Waals surface area contributed by atoms with E-state index in [4.69, 9.17) is 4.74 Å². The summed E-state index contributed by atoms with van der Waals surface area (Å²) in [5.74, 6) is -0.153. The smallest absolute Gasteiger partial charge is 0.306 e. The van der Waals surface area contributed by atoms with Crippen molar-refractivity contribution in [1.82, 2.24) is 4.98 Å². The van der Waals surface area contributed by atoms with Crippen LogP contribution < -0.4 is 0 Å². The predicted molar refractivity (Wildman–Crippen MR) is 64.9 cm³/mol. The highest BCUT2D eigenvalue weighted by atomic mass is 16.5. The number of esters is 1. The van der Waals surface area contributed by atoms with Crippen LogP contribution in [0, 0.1) is 6.92 Å². The van der Waals surface area contributed by atoms with Crippen molar-refractivity contribution in [3.05, 3.63) is 23.5 Å². The van der Waals surface area contributed by atoms with Gasteiger partial charge in [-0.3, -0.25) is 9.78 Å². The maximum absolute atomic E-state index is 11.5. The first-order chi connectivity index (χ1) is 8.10. The average molecular weight is 237 g/mol. The molecule has 0 saturated carbocycles. The van der Waals surface area contributed by atoms with Gasteiger partial charge in [-0.1, -0.05) is 6.92 Å². The quantitative estimate of drug-likeness (QED) is 0.799. The van der Waals surface area contributed by atoms with Gasteiger partial charge in [0.2, 0.25) is 0 Å². The molecule has 0 aliphatic rings. The van der Waals surface area contributed by atoms with Crippen LogP contribution in [0.4, 0.5) is 0 Å². The van der Waals surface area contributed by atoms with E-state index in [-0.39, 0.29) is 24.1 Å². The molecule has 94 valence electrons. The Hall–Kier alpha value is -1.58. The second-order valence-corrected chi connectivity index (χ2v) is 3.98. The molecule has 1 aromatic heterocycles. The lowest BCUT2D eigenvalue weighted by atomic mass is 9.96. The van der Waals surface area contributed by atoms with Gasteiger partial charge < -0.3 is 9.84 Å². The third kappa shape index (κ3) is 3.44. The van der Waals surface area contributed by atoms with E-state index in [9.17, 15) is 9.90 Å². The van der Waals surface area contributed by atoms with Crippen LogP contribution in [0.25, 0.3) is 0 Å². The van der Waals surface area contributed by atoms with Crippen LogP contribution in [-0.4, -0.2) is 22.7 Å². The largest absolute Gasteiger partial charge is 0.506 e. The summed E-state index contributed by atoms with van der Waals surface area (Å²) in [6.07, 6.45) is 2.65. The normalized spacial score (nSPS) is 12.2. The molecule has 1 atom stereocenters. The fourth-order valence-electron chi connectivity index (χ4n) is 1.73. The van der Waals surface area contributed by atoms with Crippen molar-refractivity contribution < 1.29 is 14.6 Å². The number of hydrogen-bond acceptors (Lipinski definition) is 4. The summed E-state index contributed by atoms with van der Waals surface area (Å²) in [5, 5.41) is 9.93. The standard InChI is InChI=1S/C13H19NO3/c1-4-10(8-11(15)17-5-2)12-13(16)9(3)6-7-14-12/h6-7,10,16H,4-5,8H2,1-3H3. The molecule has 17 heavy (non-hydrogen) atoms. The number of rotatable bonds is 5. The van der Waals surface area contributed by atoms with E-state index in [1.165, 1.54) is 0 Å². The Morgan fingerprint density at radius 1 is 1.53 bits per heavy atom. The number of pyridine rings is 1. The summed E-state index contributed by atoms with van der Waals surface area (Å²) in [6.45, 7) is 5.94. The van der Waals surface area contributed by atoms with Crippen molar-refractivity contribution in [1.29, 1.82) is 0 Å².